The van der Waals surface area contributed by atoms with E-state index in [-0.39, 0.29) is 11.6 Å². The fourth-order valence-corrected chi connectivity index (χ4v) is 3.52. The van der Waals surface area contributed by atoms with Crippen molar-refractivity contribution in [1.82, 2.24) is 9.69 Å². The number of hydrogen-bond donors (Lipinski definition) is 4. The minimum atomic E-state index is -0.548. The van der Waals surface area contributed by atoms with Gasteiger partial charge in [-0.3, -0.25) is 14.5 Å². The fourth-order valence-electron chi connectivity index (χ4n) is 2.53. The topological polar surface area (TPSA) is 92.2 Å². The average molecular weight is 405 g/mol. The van der Waals surface area contributed by atoms with E-state index in [0.29, 0.717) is 27.1 Å². The van der Waals surface area contributed by atoms with E-state index in [1.807, 2.05) is 50.2 Å². The number of H-pyrrole nitrogens is 1. The van der Waals surface area contributed by atoms with Crippen LogP contribution in [0.1, 0.15) is 25.6 Å². The summed E-state index contributed by atoms with van der Waals surface area (Å²) in [5.74, 6) is 1.35. The number of nitrogens with one attached hydrogen (secondary N) is 3. The number of aromatic amines is 1. The van der Waals surface area contributed by atoms with E-state index in [9.17, 15) is 4.79 Å². The Hall–Kier alpha value is -2.32. The van der Waals surface area contributed by atoms with Gasteiger partial charge in [0.1, 0.15) is 16.5 Å². The summed E-state index contributed by atoms with van der Waals surface area (Å²) in [6.07, 6.45) is -0.548. The molecule has 0 saturated heterocycles. The van der Waals surface area contributed by atoms with E-state index in [4.69, 9.17) is 22.1 Å². The molecule has 1 heterocycles. The van der Waals surface area contributed by atoms with Gasteiger partial charge in [0.2, 0.25) is 0 Å². The van der Waals surface area contributed by atoms with Gasteiger partial charge in [-0.2, -0.15) is 0 Å². The van der Waals surface area contributed by atoms with Gasteiger partial charge in [-0.25, -0.2) is 0 Å². The predicted octanol–water partition coefficient (Wildman–Crippen LogP) is 4.58. The van der Waals surface area contributed by atoms with Crippen LogP contribution in [0, 0.1) is 0 Å². The van der Waals surface area contributed by atoms with E-state index in [0.717, 1.165) is 5.69 Å². The van der Waals surface area contributed by atoms with Gasteiger partial charge in [0.05, 0.1) is 11.7 Å². The van der Waals surface area contributed by atoms with Crippen molar-refractivity contribution in [2.75, 3.05) is 5.32 Å². The number of halogens is 1. The molecule has 0 saturated carbocycles. The lowest BCUT2D eigenvalue weighted by Gasteiger charge is -2.16. The number of ether oxygens (including phenoxy) is 1. The Kier molecular flexibility index (Phi) is 6.18. The van der Waals surface area contributed by atoms with Crippen LogP contribution < -0.4 is 26.7 Å². The van der Waals surface area contributed by atoms with Gasteiger partial charge in [-0.15, -0.1) is 0 Å². The molecule has 3 aromatic rings. The molecule has 0 fully saturated rings. The first-order valence-electron chi connectivity index (χ1n) is 8.46. The molecule has 6 nitrogen and oxygen atoms in total. The molecule has 5 N–H and O–H groups in total. The van der Waals surface area contributed by atoms with E-state index in [1.165, 1.54) is 11.5 Å². The molecule has 2 aromatic carbocycles. The van der Waals surface area contributed by atoms with Crippen LogP contribution in [0.2, 0.25) is 5.02 Å². The molecule has 1 aromatic heterocycles. The first-order chi connectivity index (χ1) is 12.9. The van der Waals surface area contributed by atoms with Gasteiger partial charge in [-0.1, -0.05) is 17.7 Å². The van der Waals surface area contributed by atoms with Crippen LogP contribution in [0.5, 0.6) is 11.5 Å². The highest BCUT2D eigenvalue weighted by Gasteiger charge is 2.18. The molecule has 0 amide bonds. The van der Waals surface area contributed by atoms with Gasteiger partial charge < -0.3 is 15.8 Å². The standard InChI is InChI=1S/C19H21ClN4O2S/c1-11(2)22-17(21)16-18(25)24-27-19(16)23-13-6-8-14(9-7-13)26-15-5-3-4-12(20)10-15/h3-11,17,22-23H,21H2,1-2H3,(H,24,25). The molecule has 1 unspecified atom stereocenters. The summed E-state index contributed by atoms with van der Waals surface area (Å²) >= 11 is 7.19. The number of nitrogens with two attached hydrogens (primary N) is 1. The number of aromatic nitrogens is 1. The SMILES string of the molecule is CC(C)NC(N)c1c(Nc2ccc(Oc3cccc(Cl)c3)cc2)s[nH]c1=O. The summed E-state index contributed by atoms with van der Waals surface area (Å²) in [6, 6.07) is 14.8. The van der Waals surface area contributed by atoms with Crippen molar-refractivity contribution < 1.29 is 4.74 Å². The quantitative estimate of drug-likeness (QED) is 0.432. The molecular weight excluding hydrogens is 384 g/mol. The first-order valence-corrected chi connectivity index (χ1v) is 9.65. The van der Waals surface area contributed by atoms with Crippen LogP contribution in [-0.2, 0) is 0 Å². The van der Waals surface area contributed by atoms with Crippen LogP contribution in [0.25, 0.3) is 0 Å². The maximum Gasteiger partial charge on any atom is 0.266 e. The van der Waals surface area contributed by atoms with Crippen LogP contribution in [-0.4, -0.2) is 10.4 Å². The second-order valence-corrected chi connectivity index (χ2v) is 7.54. The van der Waals surface area contributed by atoms with Gasteiger partial charge >= 0.3 is 0 Å². The Balaban J connectivity index is 1.73. The Morgan fingerprint density at radius 1 is 1.15 bits per heavy atom. The lowest BCUT2D eigenvalue weighted by atomic mass is 10.2. The van der Waals surface area contributed by atoms with Crippen LogP contribution in [0.15, 0.2) is 53.3 Å². The number of anilines is 2. The molecule has 27 heavy (non-hydrogen) atoms. The number of benzene rings is 2. The van der Waals surface area contributed by atoms with Crippen LogP contribution in [0.3, 0.4) is 0 Å². The summed E-state index contributed by atoms with van der Waals surface area (Å²) in [4.78, 5) is 12.1. The molecule has 0 radical (unpaired) electrons. The Bertz CT molecular complexity index is 953. The molecular formula is C19H21ClN4O2S. The third kappa shape index (κ3) is 5.11. The van der Waals surface area contributed by atoms with Crippen LogP contribution >= 0.6 is 23.1 Å². The summed E-state index contributed by atoms with van der Waals surface area (Å²) < 4.78 is 8.51. The van der Waals surface area contributed by atoms with Crippen molar-refractivity contribution in [3.05, 3.63) is 69.5 Å². The smallest absolute Gasteiger partial charge is 0.266 e. The molecule has 0 aliphatic carbocycles. The molecule has 142 valence electrons. The molecule has 0 bridgehead atoms. The third-order valence-corrected chi connectivity index (χ3v) is 4.75. The van der Waals surface area contributed by atoms with Crippen molar-refractivity contribution in [3.63, 3.8) is 0 Å². The Morgan fingerprint density at radius 3 is 2.56 bits per heavy atom. The van der Waals surface area contributed by atoms with E-state index in [2.05, 4.69) is 15.0 Å². The zero-order valence-electron chi connectivity index (χ0n) is 15.0. The zero-order valence-corrected chi connectivity index (χ0v) is 16.5. The largest absolute Gasteiger partial charge is 0.457 e. The number of hydrogen-bond acceptors (Lipinski definition) is 6. The lowest BCUT2D eigenvalue weighted by Crippen LogP contribution is -2.36. The second kappa shape index (κ2) is 8.58. The fraction of sp³-hybridized carbons (Fsp3) is 0.211. The van der Waals surface area contributed by atoms with Crippen molar-refractivity contribution in [2.45, 2.75) is 26.1 Å². The lowest BCUT2D eigenvalue weighted by molar-refractivity contribution is 0.483. The monoisotopic (exact) mass is 404 g/mol. The Labute approximate surface area is 166 Å². The molecule has 8 heteroatoms. The average Bonchev–Trinajstić information content (AvgIpc) is 2.96. The van der Waals surface area contributed by atoms with E-state index < -0.39 is 6.17 Å². The van der Waals surface area contributed by atoms with Crippen LogP contribution in [0.4, 0.5) is 10.7 Å². The minimum Gasteiger partial charge on any atom is -0.457 e. The molecule has 1 atom stereocenters. The maximum atomic E-state index is 12.1. The molecule has 0 spiro atoms. The van der Waals surface area contributed by atoms with Gasteiger partial charge in [0.25, 0.3) is 5.56 Å². The predicted molar refractivity (Wildman–Crippen MR) is 111 cm³/mol. The summed E-state index contributed by atoms with van der Waals surface area (Å²) in [7, 11) is 0. The highest BCUT2D eigenvalue weighted by Crippen LogP contribution is 2.28. The minimum absolute atomic E-state index is 0.162. The van der Waals surface area contributed by atoms with Gasteiger partial charge in [0.15, 0.2) is 0 Å². The summed E-state index contributed by atoms with van der Waals surface area (Å²) in [6.45, 7) is 3.96. The highest BCUT2D eigenvalue weighted by atomic mass is 35.5. The Morgan fingerprint density at radius 2 is 1.89 bits per heavy atom. The van der Waals surface area contributed by atoms with Crippen molar-refractivity contribution >= 4 is 33.8 Å². The van der Waals surface area contributed by atoms with Crippen molar-refractivity contribution in [1.29, 1.82) is 0 Å². The number of rotatable bonds is 7. The highest BCUT2D eigenvalue weighted by molar-refractivity contribution is 7.10. The zero-order chi connectivity index (χ0) is 19.4. The molecule has 0 aliphatic heterocycles. The van der Waals surface area contributed by atoms with Gasteiger partial charge in [-0.05, 0) is 67.8 Å². The first kappa shape index (κ1) is 19.4. The van der Waals surface area contributed by atoms with E-state index >= 15 is 0 Å². The summed E-state index contributed by atoms with van der Waals surface area (Å²) in [5, 5.41) is 7.69. The summed E-state index contributed by atoms with van der Waals surface area (Å²) in [5.41, 5.74) is 7.25. The molecule has 0 aliphatic rings. The van der Waals surface area contributed by atoms with Gasteiger partial charge in [0, 0.05) is 16.8 Å². The van der Waals surface area contributed by atoms with Crippen molar-refractivity contribution in [2.24, 2.45) is 5.73 Å². The second-order valence-electron chi connectivity index (χ2n) is 6.28. The van der Waals surface area contributed by atoms with E-state index in [1.54, 1.807) is 12.1 Å². The molecule has 3 rings (SSSR count). The maximum absolute atomic E-state index is 12.1. The van der Waals surface area contributed by atoms with Crippen molar-refractivity contribution in [3.8, 4) is 11.5 Å². The normalized spacial score (nSPS) is 12.2. The third-order valence-electron chi connectivity index (χ3n) is 3.70.